The van der Waals surface area contributed by atoms with Crippen LogP contribution in [0.25, 0.3) is 0 Å². The van der Waals surface area contributed by atoms with Crippen LogP contribution in [0.4, 0.5) is 5.95 Å². The molecule has 2 rings (SSSR count). The largest absolute Gasteiger partial charge is 0.454 e. The Hall–Kier alpha value is -1.59. The third-order valence-corrected chi connectivity index (χ3v) is 2.35. The molecule has 1 N–H and O–H groups in total. The second-order valence-corrected chi connectivity index (χ2v) is 5.43. The minimum atomic E-state index is -0.524. The normalized spacial score (nSPS) is 19.4. The lowest BCUT2D eigenvalue weighted by Gasteiger charge is -2.19. The van der Waals surface area contributed by atoms with Gasteiger partial charge in [0.05, 0.1) is 0 Å². The second-order valence-electron chi connectivity index (χ2n) is 5.43. The van der Waals surface area contributed by atoms with Crippen molar-refractivity contribution in [2.45, 2.75) is 39.8 Å². The molecule has 17 heavy (non-hydrogen) atoms. The Kier molecular flexibility index (Phi) is 2.81. The first-order valence-electron chi connectivity index (χ1n) is 5.77. The highest BCUT2D eigenvalue weighted by Gasteiger charge is 2.25. The first-order chi connectivity index (χ1) is 7.85. The van der Waals surface area contributed by atoms with E-state index in [4.69, 9.17) is 4.74 Å². The lowest BCUT2D eigenvalue weighted by Crippen LogP contribution is -2.26. The summed E-state index contributed by atoms with van der Waals surface area (Å²) >= 11 is 0. The lowest BCUT2D eigenvalue weighted by atomic mass is 10.1. The van der Waals surface area contributed by atoms with Crippen molar-refractivity contribution < 1.29 is 9.53 Å². The Morgan fingerprint density at radius 1 is 1.53 bits per heavy atom. The van der Waals surface area contributed by atoms with E-state index in [1.165, 1.54) is 0 Å². The summed E-state index contributed by atoms with van der Waals surface area (Å²) in [4.78, 5) is 15.9. The first kappa shape index (κ1) is 11.9. The minimum absolute atomic E-state index is 0.122. The van der Waals surface area contributed by atoms with Crippen LogP contribution >= 0.6 is 0 Å². The molecule has 0 saturated carbocycles. The van der Waals surface area contributed by atoms with Gasteiger partial charge in [-0.05, 0) is 26.7 Å². The zero-order valence-electron chi connectivity index (χ0n) is 10.6. The molecule has 6 nitrogen and oxygen atoms in total. The molecule has 1 unspecified atom stereocenters. The predicted molar refractivity (Wildman–Crippen MR) is 62.8 cm³/mol. The van der Waals surface area contributed by atoms with Gasteiger partial charge in [0.15, 0.2) is 0 Å². The summed E-state index contributed by atoms with van der Waals surface area (Å²) in [5, 5.41) is 7.29. The van der Waals surface area contributed by atoms with Gasteiger partial charge in [-0.1, -0.05) is 6.92 Å². The van der Waals surface area contributed by atoms with Crippen LogP contribution in [0.5, 0.6) is 0 Å². The smallest absolute Gasteiger partial charge is 0.378 e. The maximum absolute atomic E-state index is 11.8. The van der Waals surface area contributed by atoms with Crippen molar-refractivity contribution in [3.8, 4) is 0 Å². The van der Waals surface area contributed by atoms with Gasteiger partial charge in [0.1, 0.15) is 5.60 Å². The molecular formula is C11H18N4O2. The number of nitrogens with zero attached hydrogens (tertiary/aromatic N) is 3. The van der Waals surface area contributed by atoms with Crippen LogP contribution in [0.15, 0.2) is 0 Å². The zero-order chi connectivity index (χ0) is 12.6. The van der Waals surface area contributed by atoms with Crippen molar-refractivity contribution in [1.82, 2.24) is 14.8 Å². The number of aromatic nitrogens is 3. The Bertz CT molecular complexity index is 433. The summed E-state index contributed by atoms with van der Waals surface area (Å²) in [7, 11) is 0. The van der Waals surface area contributed by atoms with E-state index in [2.05, 4.69) is 22.3 Å². The molecule has 0 fully saturated rings. The van der Waals surface area contributed by atoms with Crippen LogP contribution in [-0.4, -0.2) is 32.9 Å². The number of hydrogen-bond donors (Lipinski definition) is 1. The number of fused-ring (bicyclic) bond motifs is 1. The fraction of sp³-hybridized carbons (Fsp3) is 0.727. The molecule has 0 radical (unpaired) electrons. The van der Waals surface area contributed by atoms with E-state index < -0.39 is 11.6 Å². The predicted octanol–water partition coefficient (Wildman–Crippen LogP) is 1.29. The topological polar surface area (TPSA) is 69.0 Å². The molecule has 0 bridgehead atoms. The number of rotatable bonds is 1. The van der Waals surface area contributed by atoms with Gasteiger partial charge in [-0.3, -0.25) is 0 Å². The second kappa shape index (κ2) is 4.01. The Morgan fingerprint density at radius 2 is 2.24 bits per heavy atom. The quantitative estimate of drug-likeness (QED) is 0.747. The number of anilines is 1. The highest BCUT2D eigenvalue weighted by molar-refractivity contribution is 5.85. The summed E-state index contributed by atoms with van der Waals surface area (Å²) in [5.74, 6) is 0.769. The average Bonchev–Trinajstić information content (AvgIpc) is 2.57. The Balaban J connectivity index is 2.15. The SMILES string of the molecule is CC1CNc2nc(C(=O)OC(C)(C)C)nn2C1. The van der Waals surface area contributed by atoms with Gasteiger partial charge < -0.3 is 10.1 Å². The van der Waals surface area contributed by atoms with Gasteiger partial charge in [0, 0.05) is 13.1 Å². The van der Waals surface area contributed by atoms with Gasteiger partial charge in [-0.25, -0.2) is 9.48 Å². The molecule has 0 aliphatic carbocycles. The monoisotopic (exact) mass is 238 g/mol. The van der Waals surface area contributed by atoms with Crippen LogP contribution in [0.1, 0.15) is 38.3 Å². The average molecular weight is 238 g/mol. The van der Waals surface area contributed by atoms with Crippen molar-refractivity contribution in [1.29, 1.82) is 0 Å². The number of esters is 1. The minimum Gasteiger partial charge on any atom is -0.454 e. The van der Waals surface area contributed by atoms with Crippen molar-refractivity contribution >= 4 is 11.9 Å². The number of hydrogen-bond acceptors (Lipinski definition) is 5. The number of carbonyl (C=O) groups is 1. The van der Waals surface area contributed by atoms with Crippen molar-refractivity contribution in [3.63, 3.8) is 0 Å². The molecule has 1 atom stereocenters. The molecule has 1 aromatic rings. The molecule has 0 amide bonds. The van der Waals surface area contributed by atoms with Crippen LogP contribution in [0, 0.1) is 5.92 Å². The van der Waals surface area contributed by atoms with E-state index in [0.29, 0.717) is 11.9 Å². The van der Waals surface area contributed by atoms with E-state index in [1.54, 1.807) is 4.68 Å². The van der Waals surface area contributed by atoms with Crippen LogP contribution in [0.3, 0.4) is 0 Å². The van der Waals surface area contributed by atoms with E-state index in [0.717, 1.165) is 13.1 Å². The molecule has 2 heterocycles. The molecule has 1 aliphatic rings. The number of nitrogens with one attached hydrogen (secondary N) is 1. The highest BCUT2D eigenvalue weighted by atomic mass is 16.6. The standard InChI is InChI=1S/C11H18N4O2/c1-7-5-12-10-13-8(14-15(10)6-7)9(16)17-11(2,3)4/h7H,5-6H2,1-4H3,(H,12,13,14). The van der Waals surface area contributed by atoms with E-state index in [-0.39, 0.29) is 5.82 Å². The van der Waals surface area contributed by atoms with Crippen LogP contribution < -0.4 is 5.32 Å². The summed E-state index contributed by atoms with van der Waals surface area (Å²) in [6.45, 7) is 9.21. The molecule has 0 spiro atoms. The molecule has 0 aromatic carbocycles. The fourth-order valence-corrected chi connectivity index (χ4v) is 1.64. The van der Waals surface area contributed by atoms with Gasteiger partial charge in [-0.15, -0.1) is 5.10 Å². The number of carbonyl (C=O) groups excluding carboxylic acids is 1. The van der Waals surface area contributed by atoms with Gasteiger partial charge in [0.2, 0.25) is 5.95 Å². The maximum Gasteiger partial charge on any atom is 0.378 e. The van der Waals surface area contributed by atoms with Crippen molar-refractivity contribution in [2.24, 2.45) is 5.92 Å². The summed E-state index contributed by atoms with van der Waals surface area (Å²) in [6.07, 6.45) is 0. The molecule has 94 valence electrons. The van der Waals surface area contributed by atoms with Crippen LogP contribution in [-0.2, 0) is 11.3 Å². The molecule has 0 saturated heterocycles. The zero-order valence-corrected chi connectivity index (χ0v) is 10.6. The summed E-state index contributed by atoms with van der Waals surface area (Å²) in [5.41, 5.74) is -0.524. The molecule has 1 aromatic heterocycles. The van der Waals surface area contributed by atoms with Crippen molar-refractivity contribution in [2.75, 3.05) is 11.9 Å². The fourth-order valence-electron chi connectivity index (χ4n) is 1.64. The van der Waals surface area contributed by atoms with Crippen LogP contribution in [0.2, 0.25) is 0 Å². The molecule has 6 heteroatoms. The molecule has 1 aliphatic heterocycles. The number of ether oxygens (including phenoxy) is 1. The maximum atomic E-state index is 11.8. The first-order valence-corrected chi connectivity index (χ1v) is 5.77. The Morgan fingerprint density at radius 3 is 2.88 bits per heavy atom. The van der Waals surface area contributed by atoms with Gasteiger partial charge >= 0.3 is 5.97 Å². The van der Waals surface area contributed by atoms with E-state index >= 15 is 0 Å². The van der Waals surface area contributed by atoms with Gasteiger partial charge in [0.25, 0.3) is 5.82 Å². The highest BCUT2D eigenvalue weighted by Crippen LogP contribution is 2.16. The third kappa shape index (κ3) is 2.75. The molecular weight excluding hydrogens is 220 g/mol. The Labute approximate surface area is 100 Å². The van der Waals surface area contributed by atoms with Gasteiger partial charge in [-0.2, -0.15) is 4.98 Å². The third-order valence-electron chi connectivity index (χ3n) is 2.35. The van der Waals surface area contributed by atoms with Crippen molar-refractivity contribution in [3.05, 3.63) is 5.82 Å². The lowest BCUT2D eigenvalue weighted by molar-refractivity contribution is 0.00553. The summed E-state index contributed by atoms with van der Waals surface area (Å²) in [6, 6.07) is 0. The summed E-state index contributed by atoms with van der Waals surface area (Å²) < 4.78 is 6.94. The van der Waals surface area contributed by atoms with E-state index in [1.807, 2.05) is 20.8 Å². The van der Waals surface area contributed by atoms with E-state index in [9.17, 15) is 4.79 Å².